The third-order valence-corrected chi connectivity index (χ3v) is 3.50. The number of hydrogen-bond acceptors (Lipinski definition) is 4. The Morgan fingerprint density at radius 2 is 2.00 bits per heavy atom. The van der Waals surface area contributed by atoms with Crippen molar-refractivity contribution in [3.63, 3.8) is 0 Å². The van der Waals surface area contributed by atoms with E-state index in [2.05, 4.69) is 63.5 Å². The van der Waals surface area contributed by atoms with E-state index in [1.807, 2.05) is 6.07 Å². The average Bonchev–Trinajstić information content (AvgIpc) is 2.64. The topological polar surface area (TPSA) is 37.8 Å². The third kappa shape index (κ3) is 2.59. The summed E-state index contributed by atoms with van der Waals surface area (Å²) < 4.78 is 0.789. The number of aromatic nitrogens is 2. The zero-order chi connectivity index (χ0) is 11.5. The molecule has 0 saturated carbocycles. The molecule has 0 saturated heterocycles. The molecule has 0 bridgehead atoms. The molecule has 1 heterocycles. The minimum Gasteiger partial charge on any atom is -0.330 e. The Bertz CT molecular complexity index is 482. The van der Waals surface area contributed by atoms with Crippen molar-refractivity contribution in [2.24, 2.45) is 0 Å². The van der Waals surface area contributed by atoms with Crippen molar-refractivity contribution in [2.45, 2.75) is 19.8 Å². The van der Waals surface area contributed by atoms with Crippen LogP contribution in [0.25, 0.3) is 0 Å². The summed E-state index contributed by atoms with van der Waals surface area (Å²) in [5.41, 5.74) is 2.38. The van der Waals surface area contributed by atoms with Crippen LogP contribution in [-0.2, 0) is 0 Å². The predicted octanol–water partition coefficient (Wildman–Crippen LogP) is 4.17. The van der Waals surface area contributed by atoms with Crippen LogP contribution in [-0.4, -0.2) is 10.2 Å². The molecule has 84 valence electrons. The first kappa shape index (κ1) is 11.5. The quantitative estimate of drug-likeness (QED) is 0.924. The lowest BCUT2D eigenvalue weighted by Gasteiger charge is -2.12. The highest BCUT2D eigenvalue weighted by Gasteiger charge is 2.07. The Morgan fingerprint density at radius 3 is 2.62 bits per heavy atom. The monoisotopic (exact) mass is 297 g/mol. The number of nitrogens with zero attached hydrogens (tertiary/aromatic N) is 2. The second-order valence-corrected chi connectivity index (χ2v) is 5.98. The first-order valence-electron chi connectivity index (χ1n) is 5.02. The third-order valence-electron chi connectivity index (χ3n) is 2.22. The molecular formula is C11H12BrN3S. The largest absolute Gasteiger partial charge is 0.330 e. The number of anilines is 2. The summed E-state index contributed by atoms with van der Waals surface area (Å²) in [5.74, 6) is 0.486. The smallest absolute Gasteiger partial charge is 0.210 e. The summed E-state index contributed by atoms with van der Waals surface area (Å²) >= 11 is 4.78. The van der Waals surface area contributed by atoms with Crippen molar-refractivity contribution in [1.29, 1.82) is 0 Å². The fourth-order valence-corrected chi connectivity index (χ4v) is 2.51. The Hall–Kier alpha value is -0.940. The van der Waals surface area contributed by atoms with Gasteiger partial charge in [-0.2, -0.15) is 0 Å². The van der Waals surface area contributed by atoms with Crippen LogP contribution in [0.3, 0.4) is 0 Å². The number of halogens is 1. The van der Waals surface area contributed by atoms with Crippen LogP contribution in [0, 0.1) is 0 Å². The van der Waals surface area contributed by atoms with Gasteiger partial charge in [-0.05, 0) is 33.5 Å². The van der Waals surface area contributed by atoms with E-state index < -0.39 is 0 Å². The van der Waals surface area contributed by atoms with Crippen LogP contribution < -0.4 is 5.32 Å². The molecule has 16 heavy (non-hydrogen) atoms. The molecule has 0 fully saturated rings. The first-order valence-corrected chi connectivity index (χ1v) is 6.62. The normalized spacial score (nSPS) is 10.8. The van der Waals surface area contributed by atoms with Gasteiger partial charge in [0.15, 0.2) is 3.92 Å². The van der Waals surface area contributed by atoms with Crippen LogP contribution >= 0.6 is 27.3 Å². The molecule has 0 radical (unpaired) electrons. The first-order chi connectivity index (χ1) is 7.66. The number of benzene rings is 1. The summed E-state index contributed by atoms with van der Waals surface area (Å²) in [7, 11) is 0. The molecule has 5 heteroatoms. The summed E-state index contributed by atoms with van der Waals surface area (Å²) in [5, 5.41) is 12.0. The zero-order valence-corrected chi connectivity index (χ0v) is 11.5. The van der Waals surface area contributed by atoms with Crippen LogP contribution in [0.2, 0.25) is 0 Å². The number of rotatable bonds is 3. The molecule has 0 aliphatic carbocycles. The molecule has 3 nitrogen and oxygen atoms in total. The summed E-state index contributed by atoms with van der Waals surface area (Å²) in [6, 6.07) is 8.26. The summed E-state index contributed by atoms with van der Waals surface area (Å²) in [6.45, 7) is 4.35. The zero-order valence-electron chi connectivity index (χ0n) is 9.07. The molecule has 1 aromatic carbocycles. The van der Waals surface area contributed by atoms with Gasteiger partial charge in [0.05, 0.1) is 0 Å². The summed E-state index contributed by atoms with van der Waals surface area (Å²) in [6.07, 6.45) is 0. The Balaban J connectivity index is 2.27. The Kier molecular flexibility index (Phi) is 3.56. The molecule has 1 N–H and O–H groups in total. The van der Waals surface area contributed by atoms with Crippen molar-refractivity contribution in [3.05, 3.63) is 33.7 Å². The van der Waals surface area contributed by atoms with E-state index >= 15 is 0 Å². The molecule has 0 spiro atoms. The van der Waals surface area contributed by atoms with E-state index in [9.17, 15) is 0 Å². The van der Waals surface area contributed by atoms with Gasteiger partial charge in [0, 0.05) is 5.69 Å². The number of hydrogen-bond donors (Lipinski definition) is 1. The minimum atomic E-state index is 0.486. The lowest BCUT2D eigenvalue weighted by atomic mass is 10.0. The fraction of sp³-hybridized carbons (Fsp3) is 0.273. The van der Waals surface area contributed by atoms with Crippen molar-refractivity contribution in [1.82, 2.24) is 10.2 Å². The SMILES string of the molecule is CC(C)c1ccccc1Nc1nnc(Br)s1. The van der Waals surface area contributed by atoms with Gasteiger partial charge >= 0.3 is 0 Å². The molecule has 0 amide bonds. The van der Waals surface area contributed by atoms with Gasteiger partial charge in [0.25, 0.3) is 0 Å². The molecule has 2 rings (SSSR count). The second kappa shape index (κ2) is 4.93. The maximum Gasteiger partial charge on any atom is 0.210 e. The van der Waals surface area contributed by atoms with Gasteiger partial charge in [0.2, 0.25) is 5.13 Å². The van der Waals surface area contributed by atoms with E-state index in [4.69, 9.17) is 0 Å². The van der Waals surface area contributed by atoms with Gasteiger partial charge in [-0.1, -0.05) is 43.4 Å². The summed E-state index contributed by atoms with van der Waals surface area (Å²) in [4.78, 5) is 0. The van der Waals surface area contributed by atoms with E-state index in [1.165, 1.54) is 16.9 Å². The van der Waals surface area contributed by atoms with Crippen LogP contribution in [0.1, 0.15) is 25.3 Å². The molecule has 0 aliphatic rings. The standard InChI is InChI=1S/C11H12BrN3S/c1-7(2)8-5-3-4-6-9(8)13-11-15-14-10(12)16-11/h3-7H,1-2H3,(H,13,15). The molecule has 0 unspecified atom stereocenters. The number of para-hydroxylation sites is 1. The van der Waals surface area contributed by atoms with Gasteiger partial charge in [-0.15, -0.1) is 10.2 Å². The van der Waals surface area contributed by atoms with E-state index in [0.29, 0.717) is 5.92 Å². The van der Waals surface area contributed by atoms with Crippen LogP contribution in [0.4, 0.5) is 10.8 Å². The van der Waals surface area contributed by atoms with Gasteiger partial charge < -0.3 is 5.32 Å². The van der Waals surface area contributed by atoms with E-state index in [-0.39, 0.29) is 0 Å². The van der Waals surface area contributed by atoms with Crippen LogP contribution in [0.5, 0.6) is 0 Å². The highest BCUT2D eigenvalue weighted by atomic mass is 79.9. The molecule has 0 aliphatic heterocycles. The van der Waals surface area contributed by atoms with Gasteiger partial charge in [0.1, 0.15) is 0 Å². The van der Waals surface area contributed by atoms with Gasteiger partial charge in [-0.3, -0.25) is 0 Å². The molecule has 2 aromatic rings. The van der Waals surface area contributed by atoms with Crippen molar-refractivity contribution in [2.75, 3.05) is 5.32 Å². The highest BCUT2D eigenvalue weighted by Crippen LogP contribution is 2.29. The van der Waals surface area contributed by atoms with E-state index in [1.54, 1.807) is 0 Å². The van der Waals surface area contributed by atoms with Crippen molar-refractivity contribution < 1.29 is 0 Å². The minimum absolute atomic E-state index is 0.486. The van der Waals surface area contributed by atoms with Gasteiger partial charge in [-0.25, -0.2) is 0 Å². The fourth-order valence-electron chi connectivity index (χ4n) is 1.49. The maximum atomic E-state index is 4.02. The molecule has 0 atom stereocenters. The van der Waals surface area contributed by atoms with Crippen LogP contribution in [0.15, 0.2) is 28.2 Å². The second-order valence-electron chi connectivity index (χ2n) is 3.73. The van der Waals surface area contributed by atoms with Crippen molar-refractivity contribution >= 4 is 38.1 Å². The predicted molar refractivity (Wildman–Crippen MR) is 71.4 cm³/mol. The maximum absolute atomic E-state index is 4.02. The Labute approximate surface area is 107 Å². The molecular weight excluding hydrogens is 286 g/mol. The van der Waals surface area contributed by atoms with E-state index in [0.717, 1.165) is 14.7 Å². The Morgan fingerprint density at radius 1 is 1.25 bits per heavy atom. The van der Waals surface area contributed by atoms with Crippen molar-refractivity contribution in [3.8, 4) is 0 Å². The lowest BCUT2D eigenvalue weighted by Crippen LogP contribution is -1.97. The average molecular weight is 298 g/mol. The lowest BCUT2D eigenvalue weighted by molar-refractivity contribution is 0.869. The molecule has 1 aromatic heterocycles. The highest BCUT2D eigenvalue weighted by molar-refractivity contribution is 9.11. The number of nitrogens with one attached hydrogen (secondary N) is 1.